The van der Waals surface area contributed by atoms with Crippen LogP contribution in [0.25, 0.3) is 5.65 Å². The molecule has 1 atom stereocenters. The minimum absolute atomic E-state index is 0.126. The number of nitrogens with one attached hydrogen (secondary N) is 2. The van der Waals surface area contributed by atoms with Crippen LogP contribution < -0.4 is 10.6 Å². The second-order valence-corrected chi connectivity index (χ2v) is 6.74. The maximum atomic E-state index is 11.8. The number of carbonyl (C=O) groups excluding carboxylic acids is 1. The SMILES string of the molecule is Cc1cc(C)n2nc(CCCNC(=O)NC(C)C(C)C)c(C#N)c2n1. The van der Waals surface area contributed by atoms with Crippen LogP contribution in [0.3, 0.4) is 0 Å². The Kier molecular flexibility index (Phi) is 5.97. The van der Waals surface area contributed by atoms with E-state index in [4.69, 9.17) is 0 Å². The number of nitriles is 1. The van der Waals surface area contributed by atoms with Crippen LogP contribution in [0.4, 0.5) is 4.79 Å². The molecule has 0 saturated carbocycles. The number of amides is 2. The molecular weight excluding hydrogens is 316 g/mol. The summed E-state index contributed by atoms with van der Waals surface area (Å²) in [4.78, 5) is 16.2. The lowest BCUT2D eigenvalue weighted by molar-refractivity contribution is 0.234. The van der Waals surface area contributed by atoms with Gasteiger partial charge in [0.2, 0.25) is 0 Å². The molecule has 0 fully saturated rings. The lowest BCUT2D eigenvalue weighted by Gasteiger charge is -2.17. The molecule has 0 aliphatic rings. The van der Waals surface area contributed by atoms with Gasteiger partial charge in [0.15, 0.2) is 5.65 Å². The summed E-state index contributed by atoms with van der Waals surface area (Å²) in [5.74, 6) is 0.390. The first-order valence-corrected chi connectivity index (χ1v) is 8.63. The second kappa shape index (κ2) is 7.97. The summed E-state index contributed by atoms with van der Waals surface area (Å²) in [6, 6.07) is 4.12. The molecule has 0 spiro atoms. The molecule has 134 valence electrons. The van der Waals surface area contributed by atoms with Crippen LogP contribution in [0.15, 0.2) is 6.07 Å². The fourth-order valence-electron chi connectivity index (χ4n) is 2.54. The highest BCUT2D eigenvalue weighted by Crippen LogP contribution is 2.17. The zero-order valence-electron chi connectivity index (χ0n) is 15.6. The smallest absolute Gasteiger partial charge is 0.315 e. The van der Waals surface area contributed by atoms with Crippen LogP contribution in [-0.2, 0) is 6.42 Å². The number of rotatable bonds is 6. The Labute approximate surface area is 148 Å². The van der Waals surface area contributed by atoms with Crippen LogP contribution in [0, 0.1) is 31.1 Å². The van der Waals surface area contributed by atoms with Crippen molar-refractivity contribution < 1.29 is 4.79 Å². The van der Waals surface area contributed by atoms with Crippen molar-refractivity contribution >= 4 is 11.7 Å². The Balaban J connectivity index is 1.97. The summed E-state index contributed by atoms with van der Waals surface area (Å²) < 4.78 is 1.71. The molecule has 0 aliphatic heterocycles. The molecular formula is C18H26N6O. The topological polar surface area (TPSA) is 95.1 Å². The third kappa shape index (κ3) is 4.47. The summed E-state index contributed by atoms with van der Waals surface area (Å²) in [5.41, 5.74) is 3.66. The zero-order valence-corrected chi connectivity index (χ0v) is 15.6. The van der Waals surface area contributed by atoms with Crippen molar-refractivity contribution in [1.29, 1.82) is 5.26 Å². The van der Waals surface area contributed by atoms with E-state index in [0.29, 0.717) is 36.5 Å². The summed E-state index contributed by atoms with van der Waals surface area (Å²) in [6.45, 7) is 10.5. The largest absolute Gasteiger partial charge is 0.338 e. The quantitative estimate of drug-likeness (QED) is 0.789. The molecule has 2 N–H and O–H groups in total. The molecule has 0 bridgehead atoms. The van der Waals surface area contributed by atoms with Crippen LogP contribution in [-0.4, -0.2) is 33.2 Å². The van der Waals surface area contributed by atoms with Gasteiger partial charge in [-0.05, 0) is 45.6 Å². The van der Waals surface area contributed by atoms with Crippen molar-refractivity contribution in [3.8, 4) is 6.07 Å². The minimum atomic E-state index is -0.162. The highest BCUT2D eigenvalue weighted by atomic mass is 16.2. The van der Waals surface area contributed by atoms with Gasteiger partial charge < -0.3 is 10.6 Å². The van der Waals surface area contributed by atoms with Gasteiger partial charge in [0.05, 0.1) is 5.69 Å². The molecule has 2 aromatic heterocycles. The van der Waals surface area contributed by atoms with Gasteiger partial charge in [-0.25, -0.2) is 14.3 Å². The average molecular weight is 342 g/mol. The van der Waals surface area contributed by atoms with Crippen molar-refractivity contribution in [1.82, 2.24) is 25.2 Å². The first kappa shape index (κ1) is 18.7. The van der Waals surface area contributed by atoms with Crippen molar-refractivity contribution in [2.75, 3.05) is 6.54 Å². The number of hydrogen-bond acceptors (Lipinski definition) is 4. The van der Waals surface area contributed by atoms with Gasteiger partial charge in [0.1, 0.15) is 11.6 Å². The van der Waals surface area contributed by atoms with Crippen molar-refractivity contribution in [3.05, 3.63) is 28.7 Å². The first-order valence-electron chi connectivity index (χ1n) is 8.63. The Hall–Kier alpha value is -2.62. The number of carbonyl (C=O) groups is 1. The van der Waals surface area contributed by atoms with Gasteiger partial charge in [0, 0.05) is 24.0 Å². The standard InChI is InChI=1S/C18H26N6O/c1-11(2)14(5)22-18(25)20-8-6-7-16-15(10-19)17-21-12(3)9-13(4)24(17)23-16/h9,11,14H,6-8H2,1-5H3,(H2,20,22,25). The number of aromatic nitrogens is 3. The van der Waals surface area contributed by atoms with Gasteiger partial charge in [-0.2, -0.15) is 10.4 Å². The lowest BCUT2D eigenvalue weighted by Crippen LogP contribution is -2.43. The molecule has 1 unspecified atom stereocenters. The molecule has 2 heterocycles. The molecule has 0 aromatic carbocycles. The van der Waals surface area contributed by atoms with Crippen LogP contribution >= 0.6 is 0 Å². The molecule has 25 heavy (non-hydrogen) atoms. The monoisotopic (exact) mass is 342 g/mol. The first-order chi connectivity index (χ1) is 11.8. The number of hydrogen-bond donors (Lipinski definition) is 2. The molecule has 2 aromatic rings. The Morgan fingerprint density at radius 3 is 2.72 bits per heavy atom. The molecule has 2 amide bonds. The van der Waals surface area contributed by atoms with Gasteiger partial charge >= 0.3 is 6.03 Å². The fraction of sp³-hybridized carbons (Fsp3) is 0.556. The third-order valence-corrected chi connectivity index (χ3v) is 4.31. The molecule has 0 saturated heterocycles. The van der Waals surface area contributed by atoms with E-state index in [2.05, 4.69) is 40.6 Å². The Morgan fingerprint density at radius 1 is 1.36 bits per heavy atom. The average Bonchev–Trinajstić information content (AvgIpc) is 2.89. The molecule has 0 aliphatic carbocycles. The van der Waals surface area contributed by atoms with E-state index in [1.165, 1.54) is 0 Å². The van der Waals surface area contributed by atoms with Crippen molar-refractivity contribution in [2.24, 2.45) is 5.92 Å². The van der Waals surface area contributed by atoms with Crippen molar-refractivity contribution in [2.45, 2.75) is 53.5 Å². The molecule has 7 nitrogen and oxygen atoms in total. The van der Waals surface area contributed by atoms with Crippen LogP contribution in [0.5, 0.6) is 0 Å². The maximum Gasteiger partial charge on any atom is 0.315 e. The normalized spacial score (nSPS) is 12.2. The third-order valence-electron chi connectivity index (χ3n) is 4.31. The van der Waals surface area contributed by atoms with Gasteiger partial charge in [-0.3, -0.25) is 0 Å². The molecule has 2 rings (SSSR count). The van der Waals surface area contributed by atoms with E-state index in [0.717, 1.165) is 17.1 Å². The highest BCUT2D eigenvalue weighted by Gasteiger charge is 2.15. The predicted octanol–water partition coefficient (Wildman–Crippen LogP) is 2.49. The van der Waals surface area contributed by atoms with E-state index in [-0.39, 0.29) is 12.1 Å². The summed E-state index contributed by atoms with van der Waals surface area (Å²) in [5, 5.41) is 19.7. The zero-order chi connectivity index (χ0) is 18.6. The van der Waals surface area contributed by atoms with E-state index >= 15 is 0 Å². The maximum absolute atomic E-state index is 11.8. The predicted molar refractivity (Wildman–Crippen MR) is 96.3 cm³/mol. The Morgan fingerprint density at radius 2 is 2.08 bits per heavy atom. The molecule has 7 heteroatoms. The number of urea groups is 1. The van der Waals surface area contributed by atoms with E-state index < -0.39 is 0 Å². The van der Waals surface area contributed by atoms with E-state index in [1.54, 1.807) is 4.52 Å². The lowest BCUT2D eigenvalue weighted by atomic mass is 10.1. The van der Waals surface area contributed by atoms with Crippen molar-refractivity contribution in [3.63, 3.8) is 0 Å². The van der Waals surface area contributed by atoms with E-state index in [9.17, 15) is 10.1 Å². The van der Waals surface area contributed by atoms with E-state index in [1.807, 2.05) is 26.8 Å². The number of fused-ring (bicyclic) bond motifs is 1. The number of nitrogens with zero attached hydrogens (tertiary/aromatic N) is 4. The Bertz CT molecular complexity index is 802. The summed E-state index contributed by atoms with van der Waals surface area (Å²) in [7, 11) is 0. The van der Waals surface area contributed by atoms with Gasteiger partial charge in [0.25, 0.3) is 0 Å². The summed E-state index contributed by atoms with van der Waals surface area (Å²) >= 11 is 0. The highest BCUT2D eigenvalue weighted by molar-refractivity contribution is 5.74. The van der Waals surface area contributed by atoms with Crippen LogP contribution in [0.1, 0.15) is 49.8 Å². The van der Waals surface area contributed by atoms with Crippen LogP contribution in [0.2, 0.25) is 0 Å². The van der Waals surface area contributed by atoms with Gasteiger partial charge in [-0.1, -0.05) is 13.8 Å². The fourth-order valence-corrected chi connectivity index (χ4v) is 2.54. The minimum Gasteiger partial charge on any atom is -0.338 e. The van der Waals surface area contributed by atoms with Gasteiger partial charge in [-0.15, -0.1) is 0 Å². The summed E-state index contributed by atoms with van der Waals surface area (Å²) in [6.07, 6.45) is 1.32. The molecule has 0 radical (unpaired) electrons. The number of aryl methyl sites for hydroxylation is 3. The second-order valence-electron chi connectivity index (χ2n) is 6.74.